The van der Waals surface area contributed by atoms with E-state index in [9.17, 15) is 14.4 Å². The number of H-pyrrole nitrogens is 1. The van der Waals surface area contributed by atoms with Crippen molar-refractivity contribution in [3.63, 3.8) is 0 Å². The summed E-state index contributed by atoms with van der Waals surface area (Å²) in [6.45, 7) is 0.140. The van der Waals surface area contributed by atoms with Crippen molar-refractivity contribution in [1.82, 2.24) is 10.3 Å². The molecule has 2 heterocycles. The Morgan fingerprint density at radius 2 is 2.11 bits per heavy atom. The number of thiazole rings is 1. The molecule has 2 rings (SSSR count). The van der Waals surface area contributed by atoms with E-state index < -0.39 is 11.9 Å². The number of rotatable bonds is 4. The number of aromatic nitrogens is 1. The molecule has 94 valence electrons. The zero-order chi connectivity index (χ0) is 13.1. The van der Waals surface area contributed by atoms with Crippen LogP contribution in [0, 0.1) is 0 Å². The largest absolute Gasteiger partial charge is 0.475 e. The van der Waals surface area contributed by atoms with Crippen LogP contribution in [0.1, 0.15) is 26.8 Å². The predicted octanol–water partition coefficient (Wildman–Crippen LogP) is 0.658. The molecular formula is C10H8N2O5S. The number of carbonyl (C=O) groups is 2. The van der Waals surface area contributed by atoms with E-state index in [1.54, 1.807) is 5.38 Å². The summed E-state index contributed by atoms with van der Waals surface area (Å²) in [5, 5.41) is 12.7. The first-order valence-corrected chi connectivity index (χ1v) is 5.72. The Balaban J connectivity index is 1.99. The number of aromatic amines is 1. The van der Waals surface area contributed by atoms with Crippen molar-refractivity contribution in [3.05, 3.63) is 44.4 Å². The first-order chi connectivity index (χ1) is 8.56. The minimum absolute atomic E-state index is 0.0926. The summed E-state index contributed by atoms with van der Waals surface area (Å²) in [5.74, 6) is -2.18. The molecule has 1 amide bonds. The van der Waals surface area contributed by atoms with E-state index in [4.69, 9.17) is 9.52 Å². The van der Waals surface area contributed by atoms with E-state index in [1.165, 1.54) is 12.1 Å². The molecule has 0 atom stereocenters. The maximum absolute atomic E-state index is 11.6. The molecule has 3 N–H and O–H groups in total. The van der Waals surface area contributed by atoms with Gasteiger partial charge in [-0.1, -0.05) is 11.3 Å². The molecule has 0 aromatic carbocycles. The molecule has 2 aromatic rings. The lowest BCUT2D eigenvalue weighted by Crippen LogP contribution is -2.22. The van der Waals surface area contributed by atoms with Crippen molar-refractivity contribution < 1.29 is 19.1 Å². The molecule has 0 bridgehead atoms. The fraction of sp³-hybridized carbons (Fsp3) is 0.100. The van der Waals surface area contributed by atoms with Gasteiger partial charge in [0, 0.05) is 11.1 Å². The highest BCUT2D eigenvalue weighted by Crippen LogP contribution is 2.07. The second-order valence-corrected chi connectivity index (χ2v) is 4.17. The van der Waals surface area contributed by atoms with Crippen LogP contribution in [0.3, 0.4) is 0 Å². The summed E-state index contributed by atoms with van der Waals surface area (Å²) < 4.78 is 4.82. The van der Waals surface area contributed by atoms with Gasteiger partial charge in [0.25, 0.3) is 5.91 Å². The molecule has 18 heavy (non-hydrogen) atoms. The summed E-state index contributed by atoms with van der Waals surface area (Å²) >= 11 is 0.996. The maximum atomic E-state index is 11.6. The first-order valence-electron chi connectivity index (χ1n) is 4.84. The van der Waals surface area contributed by atoms with Crippen LogP contribution in [0.25, 0.3) is 0 Å². The molecule has 0 radical (unpaired) electrons. The monoisotopic (exact) mass is 268 g/mol. The van der Waals surface area contributed by atoms with Crippen LogP contribution >= 0.6 is 11.3 Å². The maximum Gasteiger partial charge on any atom is 0.371 e. The lowest BCUT2D eigenvalue weighted by Gasteiger charge is -2.00. The summed E-state index contributed by atoms with van der Waals surface area (Å²) in [6, 6.07) is 2.47. The number of carboxylic acids is 1. The topological polar surface area (TPSA) is 112 Å². The minimum Gasteiger partial charge on any atom is -0.475 e. The standard InChI is InChI=1S/C10H8N2O5S/c13-8(6-1-2-7(17-6)9(14)15)11-3-5-4-18-10(16)12-5/h1-2,4H,3H2,(H,11,13)(H,12,16)(H,14,15). The molecule has 0 unspecified atom stereocenters. The van der Waals surface area contributed by atoms with Crippen molar-refractivity contribution >= 4 is 23.2 Å². The van der Waals surface area contributed by atoms with Crippen LogP contribution < -0.4 is 10.2 Å². The van der Waals surface area contributed by atoms with Gasteiger partial charge in [0.05, 0.1) is 6.54 Å². The number of hydrogen-bond donors (Lipinski definition) is 3. The van der Waals surface area contributed by atoms with Crippen LogP contribution in [0.4, 0.5) is 0 Å². The van der Waals surface area contributed by atoms with Gasteiger partial charge in [-0.15, -0.1) is 0 Å². The van der Waals surface area contributed by atoms with E-state index >= 15 is 0 Å². The van der Waals surface area contributed by atoms with Gasteiger partial charge < -0.3 is 19.8 Å². The van der Waals surface area contributed by atoms with Crippen LogP contribution in [0.15, 0.2) is 26.7 Å². The zero-order valence-corrected chi connectivity index (χ0v) is 9.74. The summed E-state index contributed by atoms with van der Waals surface area (Å²) in [6.07, 6.45) is 0. The lowest BCUT2D eigenvalue weighted by molar-refractivity contribution is 0.0659. The second-order valence-electron chi connectivity index (χ2n) is 3.33. The number of nitrogens with one attached hydrogen (secondary N) is 2. The third-order valence-corrected chi connectivity index (χ3v) is 2.77. The molecule has 7 nitrogen and oxygen atoms in total. The first kappa shape index (κ1) is 12.1. The van der Waals surface area contributed by atoms with Gasteiger partial charge in [0.2, 0.25) is 5.76 Å². The van der Waals surface area contributed by atoms with Gasteiger partial charge in [0.15, 0.2) is 5.76 Å². The van der Waals surface area contributed by atoms with E-state index in [0.717, 1.165) is 11.3 Å². The van der Waals surface area contributed by atoms with Crippen LogP contribution in [-0.2, 0) is 6.54 Å². The molecule has 8 heteroatoms. The predicted molar refractivity (Wildman–Crippen MR) is 61.8 cm³/mol. The number of hydrogen-bond acceptors (Lipinski definition) is 5. The van der Waals surface area contributed by atoms with Crippen molar-refractivity contribution in [2.45, 2.75) is 6.54 Å². The van der Waals surface area contributed by atoms with E-state index in [1.807, 2.05) is 0 Å². The third kappa shape index (κ3) is 2.66. The molecule has 2 aromatic heterocycles. The Labute approximate surface area is 104 Å². The second kappa shape index (κ2) is 4.88. The van der Waals surface area contributed by atoms with Gasteiger partial charge in [-0.05, 0) is 12.1 Å². The molecule has 0 saturated carbocycles. The van der Waals surface area contributed by atoms with Gasteiger partial charge in [-0.3, -0.25) is 9.59 Å². The van der Waals surface area contributed by atoms with Crippen LogP contribution in [0.5, 0.6) is 0 Å². The summed E-state index contributed by atoms with van der Waals surface area (Å²) in [5.41, 5.74) is 0.573. The molecule has 0 saturated heterocycles. The Bertz CT molecular complexity index is 638. The van der Waals surface area contributed by atoms with E-state index in [0.29, 0.717) is 5.69 Å². The van der Waals surface area contributed by atoms with Gasteiger partial charge >= 0.3 is 10.8 Å². The number of furan rings is 1. The SMILES string of the molecule is O=C(O)c1ccc(C(=O)NCc2csc(=O)[nH]2)o1. The van der Waals surface area contributed by atoms with Crippen molar-refractivity contribution in [1.29, 1.82) is 0 Å². The lowest BCUT2D eigenvalue weighted by atomic mass is 10.4. The highest BCUT2D eigenvalue weighted by molar-refractivity contribution is 7.07. The Morgan fingerprint density at radius 3 is 2.67 bits per heavy atom. The van der Waals surface area contributed by atoms with Crippen LogP contribution in [-0.4, -0.2) is 22.0 Å². The average molecular weight is 268 g/mol. The molecule has 0 fully saturated rings. The van der Waals surface area contributed by atoms with Crippen molar-refractivity contribution in [2.24, 2.45) is 0 Å². The van der Waals surface area contributed by atoms with E-state index in [2.05, 4.69) is 10.3 Å². The highest BCUT2D eigenvalue weighted by Gasteiger charge is 2.14. The fourth-order valence-electron chi connectivity index (χ4n) is 1.24. The van der Waals surface area contributed by atoms with Crippen molar-refractivity contribution in [2.75, 3.05) is 0 Å². The molecule has 0 spiro atoms. The Hall–Kier alpha value is -2.35. The molecule has 0 aliphatic carbocycles. The third-order valence-electron chi connectivity index (χ3n) is 2.05. The Morgan fingerprint density at radius 1 is 1.39 bits per heavy atom. The van der Waals surface area contributed by atoms with Gasteiger partial charge in [-0.2, -0.15) is 0 Å². The molecule has 0 aliphatic rings. The normalized spacial score (nSPS) is 10.2. The number of carbonyl (C=O) groups excluding carboxylic acids is 1. The van der Waals surface area contributed by atoms with Crippen molar-refractivity contribution in [3.8, 4) is 0 Å². The molecular weight excluding hydrogens is 260 g/mol. The molecule has 0 aliphatic heterocycles. The Kier molecular flexibility index (Phi) is 3.28. The quantitative estimate of drug-likeness (QED) is 0.753. The number of carboxylic acid groups (broad SMARTS) is 1. The van der Waals surface area contributed by atoms with Gasteiger partial charge in [0.1, 0.15) is 0 Å². The number of amides is 1. The summed E-state index contributed by atoms with van der Waals surface area (Å²) in [4.78, 5) is 35.3. The van der Waals surface area contributed by atoms with E-state index in [-0.39, 0.29) is 22.9 Å². The zero-order valence-electron chi connectivity index (χ0n) is 8.93. The van der Waals surface area contributed by atoms with Crippen LogP contribution in [0.2, 0.25) is 0 Å². The van der Waals surface area contributed by atoms with Gasteiger partial charge in [-0.25, -0.2) is 4.79 Å². The minimum atomic E-state index is -1.24. The highest BCUT2D eigenvalue weighted by atomic mass is 32.1. The summed E-state index contributed by atoms with van der Waals surface area (Å²) in [7, 11) is 0. The number of aromatic carboxylic acids is 1. The average Bonchev–Trinajstić information content (AvgIpc) is 2.94. The smallest absolute Gasteiger partial charge is 0.371 e. The fourth-order valence-corrected chi connectivity index (χ4v) is 1.82.